The molecule has 0 saturated heterocycles. The van der Waals surface area contributed by atoms with Gasteiger partial charge in [-0.3, -0.25) is 4.79 Å². The summed E-state index contributed by atoms with van der Waals surface area (Å²) in [6.45, 7) is 1.87. The van der Waals surface area contributed by atoms with Crippen LogP contribution in [0.3, 0.4) is 0 Å². The van der Waals surface area contributed by atoms with E-state index in [1.807, 2.05) is 0 Å². The largest absolute Gasteiger partial charge is 0.325 e. The van der Waals surface area contributed by atoms with Crippen molar-refractivity contribution in [3.63, 3.8) is 0 Å². The molecule has 0 radical (unpaired) electrons. The molecule has 3 rings (SSSR count). The molecule has 1 N–H and O–H groups in total. The molecule has 2 aromatic carbocycles. The number of nitrogens with one attached hydrogen (secondary N) is 1. The molecule has 0 spiro atoms. The van der Waals surface area contributed by atoms with Gasteiger partial charge in [0, 0.05) is 19.3 Å². The predicted molar refractivity (Wildman–Crippen MR) is 88.5 cm³/mol. The van der Waals surface area contributed by atoms with Crippen LogP contribution in [-0.2, 0) is 21.4 Å². The number of halogens is 1. The zero-order chi connectivity index (χ0) is 17.5. The molecule has 24 heavy (non-hydrogen) atoms. The topological polar surface area (TPSA) is 66.5 Å². The van der Waals surface area contributed by atoms with Gasteiger partial charge >= 0.3 is 0 Å². The Balaban J connectivity index is 1.88. The van der Waals surface area contributed by atoms with Crippen LogP contribution in [0, 0.1) is 5.82 Å². The van der Waals surface area contributed by atoms with Crippen molar-refractivity contribution in [1.29, 1.82) is 0 Å². The van der Waals surface area contributed by atoms with Gasteiger partial charge in [-0.05, 0) is 48.4 Å². The van der Waals surface area contributed by atoms with Gasteiger partial charge in [0.05, 0.1) is 10.8 Å². The molecule has 0 fully saturated rings. The molecule has 1 aliphatic rings. The molecule has 0 aliphatic carbocycles. The first-order chi connectivity index (χ1) is 11.3. The predicted octanol–water partition coefficient (Wildman–Crippen LogP) is 2.70. The van der Waals surface area contributed by atoms with E-state index >= 15 is 0 Å². The third-order valence-corrected chi connectivity index (χ3v) is 5.97. The number of sulfonamides is 1. The van der Waals surface area contributed by atoms with Crippen molar-refractivity contribution in [1.82, 2.24) is 4.31 Å². The molecule has 1 atom stereocenters. The third-order valence-electron chi connectivity index (χ3n) is 4.17. The van der Waals surface area contributed by atoms with E-state index in [-0.39, 0.29) is 29.1 Å². The van der Waals surface area contributed by atoms with Gasteiger partial charge in [-0.25, -0.2) is 12.8 Å². The van der Waals surface area contributed by atoms with Crippen molar-refractivity contribution < 1.29 is 17.6 Å². The van der Waals surface area contributed by atoms with E-state index in [1.54, 1.807) is 25.1 Å². The SMILES string of the molecule is C[C@H]1C(=O)Nc2ccc(S(=O)(=O)N(C)Cc3ccc(F)cc3)cc21. The van der Waals surface area contributed by atoms with Gasteiger partial charge in [0.1, 0.15) is 5.82 Å². The molecule has 1 amide bonds. The second-order valence-electron chi connectivity index (χ2n) is 5.85. The maximum absolute atomic E-state index is 13.0. The molecule has 0 saturated carbocycles. The van der Waals surface area contributed by atoms with E-state index in [2.05, 4.69) is 5.32 Å². The Labute approximate surface area is 140 Å². The Kier molecular flexibility index (Phi) is 4.15. The minimum atomic E-state index is -3.71. The van der Waals surface area contributed by atoms with Gasteiger partial charge in [0.15, 0.2) is 0 Å². The van der Waals surface area contributed by atoms with Crippen LogP contribution in [0.4, 0.5) is 10.1 Å². The fourth-order valence-electron chi connectivity index (χ4n) is 2.67. The summed E-state index contributed by atoms with van der Waals surface area (Å²) in [5, 5.41) is 2.72. The highest BCUT2D eigenvalue weighted by Crippen LogP contribution is 2.34. The summed E-state index contributed by atoms with van der Waals surface area (Å²) >= 11 is 0. The van der Waals surface area contributed by atoms with Gasteiger partial charge in [-0.15, -0.1) is 0 Å². The highest BCUT2D eigenvalue weighted by Gasteiger charge is 2.29. The summed E-state index contributed by atoms with van der Waals surface area (Å²) in [6, 6.07) is 10.3. The van der Waals surface area contributed by atoms with Gasteiger partial charge < -0.3 is 5.32 Å². The Morgan fingerprint density at radius 1 is 1.17 bits per heavy atom. The number of amides is 1. The average Bonchev–Trinajstić information content (AvgIpc) is 2.84. The lowest BCUT2D eigenvalue weighted by atomic mass is 10.0. The second-order valence-corrected chi connectivity index (χ2v) is 7.89. The van der Waals surface area contributed by atoms with Crippen LogP contribution in [-0.4, -0.2) is 25.7 Å². The molecule has 7 heteroatoms. The van der Waals surface area contributed by atoms with Crippen molar-refractivity contribution in [2.45, 2.75) is 24.3 Å². The first-order valence-corrected chi connectivity index (χ1v) is 8.88. The number of hydrogen-bond donors (Lipinski definition) is 1. The number of fused-ring (bicyclic) bond motifs is 1. The van der Waals surface area contributed by atoms with Crippen molar-refractivity contribution in [3.05, 3.63) is 59.4 Å². The standard InChI is InChI=1S/C17H17FN2O3S/c1-11-15-9-14(7-8-16(15)19-17(11)21)24(22,23)20(2)10-12-3-5-13(18)6-4-12/h3-9,11H,10H2,1-2H3,(H,19,21)/t11-/m1/s1. The average molecular weight is 348 g/mol. The van der Waals surface area contributed by atoms with Gasteiger partial charge in [-0.1, -0.05) is 12.1 Å². The second kappa shape index (κ2) is 5.99. The van der Waals surface area contributed by atoms with Crippen molar-refractivity contribution in [2.75, 3.05) is 12.4 Å². The van der Waals surface area contributed by atoms with Crippen LogP contribution in [0.15, 0.2) is 47.4 Å². The van der Waals surface area contributed by atoms with Crippen molar-refractivity contribution in [2.24, 2.45) is 0 Å². The van der Waals surface area contributed by atoms with Crippen molar-refractivity contribution in [3.8, 4) is 0 Å². The number of rotatable bonds is 4. The van der Waals surface area contributed by atoms with Crippen LogP contribution < -0.4 is 5.32 Å². The van der Waals surface area contributed by atoms with Crippen LogP contribution in [0.2, 0.25) is 0 Å². The van der Waals surface area contributed by atoms with Crippen LogP contribution in [0.1, 0.15) is 24.0 Å². The van der Waals surface area contributed by atoms with E-state index in [0.717, 1.165) is 0 Å². The zero-order valence-corrected chi connectivity index (χ0v) is 14.1. The first-order valence-electron chi connectivity index (χ1n) is 7.44. The number of anilines is 1. The summed E-state index contributed by atoms with van der Waals surface area (Å²) in [5.74, 6) is -0.884. The van der Waals surface area contributed by atoms with E-state index in [9.17, 15) is 17.6 Å². The monoisotopic (exact) mass is 348 g/mol. The van der Waals surface area contributed by atoms with Gasteiger partial charge in [0.25, 0.3) is 0 Å². The van der Waals surface area contributed by atoms with Gasteiger partial charge in [0.2, 0.25) is 15.9 Å². The summed E-state index contributed by atoms with van der Waals surface area (Å²) in [6.07, 6.45) is 0. The Morgan fingerprint density at radius 3 is 2.50 bits per heavy atom. The van der Waals surface area contributed by atoms with E-state index < -0.39 is 10.0 Å². The minimum Gasteiger partial charge on any atom is -0.325 e. The molecule has 126 valence electrons. The lowest BCUT2D eigenvalue weighted by molar-refractivity contribution is -0.116. The highest BCUT2D eigenvalue weighted by atomic mass is 32.2. The molecule has 0 aromatic heterocycles. The zero-order valence-electron chi connectivity index (χ0n) is 13.3. The lowest BCUT2D eigenvalue weighted by Gasteiger charge is -2.18. The number of carbonyl (C=O) groups excluding carboxylic acids is 1. The fraction of sp³-hybridized carbons (Fsp3) is 0.235. The van der Waals surface area contributed by atoms with E-state index in [0.29, 0.717) is 16.8 Å². The molecular formula is C17H17FN2O3S. The summed E-state index contributed by atoms with van der Waals surface area (Å²) < 4.78 is 39.6. The van der Waals surface area contributed by atoms with Crippen LogP contribution >= 0.6 is 0 Å². The number of benzene rings is 2. The smallest absolute Gasteiger partial charge is 0.243 e. The molecule has 0 unspecified atom stereocenters. The Morgan fingerprint density at radius 2 is 1.83 bits per heavy atom. The molecule has 2 aromatic rings. The lowest BCUT2D eigenvalue weighted by Crippen LogP contribution is -2.26. The highest BCUT2D eigenvalue weighted by molar-refractivity contribution is 7.89. The van der Waals surface area contributed by atoms with Gasteiger partial charge in [-0.2, -0.15) is 4.31 Å². The molecular weight excluding hydrogens is 331 g/mol. The minimum absolute atomic E-state index is 0.131. The van der Waals surface area contributed by atoms with Crippen LogP contribution in [0.25, 0.3) is 0 Å². The molecule has 5 nitrogen and oxygen atoms in total. The molecule has 1 aliphatic heterocycles. The first kappa shape index (κ1) is 16.6. The summed E-state index contributed by atoms with van der Waals surface area (Å²) in [5.41, 5.74) is 2.01. The van der Waals surface area contributed by atoms with E-state index in [4.69, 9.17) is 0 Å². The quantitative estimate of drug-likeness (QED) is 0.924. The summed E-state index contributed by atoms with van der Waals surface area (Å²) in [7, 11) is -2.24. The Bertz CT molecular complexity index is 895. The number of nitrogens with zero attached hydrogens (tertiary/aromatic N) is 1. The van der Waals surface area contributed by atoms with Crippen molar-refractivity contribution >= 4 is 21.6 Å². The maximum atomic E-state index is 13.0. The third kappa shape index (κ3) is 2.92. The fourth-order valence-corrected chi connectivity index (χ4v) is 3.86. The Hall–Kier alpha value is -2.25. The normalized spacial score (nSPS) is 17.0. The van der Waals surface area contributed by atoms with E-state index in [1.165, 1.54) is 35.6 Å². The molecule has 1 heterocycles. The number of hydrogen-bond acceptors (Lipinski definition) is 3. The number of carbonyl (C=O) groups is 1. The maximum Gasteiger partial charge on any atom is 0.243 e. The summed E-state index contributed by atoms with van der Waals surface area (Å²) in [4.78, 5) is 11.8. The van der Waals surface area contributed by atoms with Crippen LogP contribution in [0.5, 0.6) is 0 Å². The molecule has 0 bridgehead atoms.